The largest absolute Gasteiger partial charge is 0.434 e. The van der Waals surface area contributed by atoms with Gasteiger partial charge in [0, 0.05) is 37.1 Å². The second-order valence-electron chi connectivity index (χ2n) is 6.22. The molecule has 1 aromatic heterocycles. The van der Waals surface area contributed by atoms with Crippen molar-refractivity contribution in [3.8, 4) is 0 Å². The van der Waals surface area contributed by atoms with Gasteiger partial charge in [-0.1, -0.05) is 6.07 Å². The lowest BCUT2D eigenvalue weighted by atomic mass is 10.2. The maximum atomic E-state index is 12.8. The Labute approximate surface area is 163 Å². The molecule has 0 radical (unpaired) electrons. The van der Waals surface area contributed by atoms with E-state index in [1.165, 1.54) is 28.6 Å². The zero-order valence-corrected chi connectivity index (χ0v) is 16.4. The van der Waals surface area contributed by atoms with Crippen molar-refractivity contribution >= 4 is 32.4 Å². The lowest BCUT2D eigenvalue weighted by Gasteiger charge is -2.31. The monoisotopic (exact) mass is 434 g/mol. The summed E-state index contributed by atoms with van der Waals surface area (Å²) in [6, 6.07) is 5.40. The van der Waals surface area contributed by atoms with Crippen molar-refractivity contribution in [2.75, 3.05) is 38.5 Å². The summed E-state index contributed by atoms with van der Waals surface area (Å²) < 4.78 is 64.7. The number of thiazole rings is 1. The molecular formula is C16H17F3N4O3S2. The van der Waals surface area contributed by atoms with E-state index < -0.39 is 27.8 Å². The Hall–Kier alpha value is -2.02. The molecule has 1 aliphatic rings. The molecule has 0 atom stereocenters. The van der Waals surface area contributed by atoms with E-state index in [1.54, 1.807) is 0 Å². The minimum Gasteiger partial charge on any atom is -0.304 e. The summed E-state index contributed by atoms with van der Waals surface area (Å²) >= 11 is 0.638. The summed E-state index contributed by atoms with van der Waals surface area (Å²) in [5, 5.41) is 2.85. The van der Waals surface area contributed by atoms with Crippen LogP contribution in [-0.4, -0.2) is 61.7 Å². The number of anilines is 1. The number of nitrogens with one attached hydrogen (secondary N) is 1. The molecule has 1 fully saturated rings. The van der Waals surface area contributed by atoms with E-state index in [9.17, 15) is 26.4 Å². The van der Waals surface area contributed by atoms with Gasteiger partial charge in [-0.3, -0.25) is 10.1 Å². The molecule has 0 saturated carbocycles. The average Bonchev–Trinajstić information content (AvgIpc) is 3.11. The van der Waals surface area contributed by atoms with Crippen LogP contribution in [0.4, 0.5) is 18.3 Å². The van der Waals surface area contributed by atoms with Gasteiger partial charge in [-0.25, -0.2) is 13.4 Å². The summed E-state index contributed by atoms with van der Waals surface area (Å²) in [6.07, 6.45) is -4.60. The Bertz CT molecular complexity index is 968. The fraction of sp³-hybridized carbons (Fsp3) is 0.375. The van der Waals surface area contributed by atoms with E-state index in [0.29, 0.717) is 37.5 Å². The number of aromatic nitrogens is 1. The highest BCUT2D eigenvalue weighted by Gasteiger charge is 2.34. The third kappa shape index (κ3) is 4.51. The van der Waals surface area contributed by atoms with Gasteiger partial charge in [0.2, 0.25) is 10.0 Å². The summed E-state index contributed by atoms with van der Waals surface area (Å²) in [4.78, 5) is 17.6. The van der Waals surface area contributed by atoms with E-state index in [-0.39, 0.29) is 15.6 Å². The van der Waals surface area contributed by atoms with E-state index in [0.717, 1.165) is 5.38 Å². The number of carbonyl (C=O) groups is 1. The normalized spacial score (nSPS) is 16.9. The number of carbonyl (C=O) groups excluding carboxylic acids is 1. The fourth-order valence-corrected chi connectivity index (χ4v) is 4.79. The van der Waals surface area contributed by atoms with Gasteiger partial charge in [-0.2, -0.15) is 17.5 Å². The maximum absolute atomic E-state index is 12.8. The lowest BCUT2D eigenvalue weighted by molar-refractivity contribution is -0.140. The second kappa shape index (κ2) is 7.78. The van der Waals surface area contributed by atoms with Crippen LogP contribution in [0.15, 0.2) is 34.5 Å². The molecule has 28 heavy (non-hydrogen) atoms. The smallest absolute Gasteiger partial charge is 0.304 e. The Morgan fingerprint density at radius 1 is 1.21 bits per heavy atom. The lowest BCUT2D eigenvalue weighted by Crippen LogP contribution is -2.47. The van der Waals surface area contributed by atoms with Gasteiger partial charge in [0.25, 0.3) is 5.91 Å². The first kappa shape index (κ1) is 20.7. The van der Waals surface area contributed by atoms with Crippen LogP contribution in [0.2, 0.25) is 0 Å². The van der Waals surface area contributed by atoms with Crippen LogP contribution in [0, 0.1) is 0 Å². The summed E-state index contributed by atoms with van der Waals surface area (Å²) in [7, 11) is -1.86. The van der Waals surface area contributed by atoms with E-state index in [1.807, 2.05) is 11.9 Å². The van der Waals surface area contributed by atoms with Crippen molar-refractivity contribution < 1.29 is 26.4 Å². The third-order valence-electron chi connectivity index (χ3n) is 4.21. The van der Waals surface area contributed by atoms with Gasteiger partial charge in [-0.05, 0) is 25.2 Å². The number of sulfonamides is 1. The number of amides is 1. The molecule has 0 spiro atoms. The third-order valence-corrected chi connectivity index (χ3v) is 6.86. The number of hydrogen-bond acceptors (Lipinski definition) is 6. The average molecular weight is 434 g/mol. The SMILES string of the molecule is CN1CCN(S(=O)(=O)c2cccc(C(=O)Nc3nc(C(F)(F)F)cs3)c2)CC1. The molecule has 12 heteroatoms. The molecule has 3 rings (SSSR count). The number of likely N-dealkylation sites (N-methyl/N-ethyl adjacent to an activating group) is 1. The fourth-order valence-electron chi connectivity index (χ4n) is 2.61. The van der Waals surface area contributed by atoms with E-state index in [2.05, 4.69) is 10.3 Å². The Kier molecular flexibility index (Phi) is 5.75. The van der Waals surface area contributed by atoms with Crippen LogP contribution in [0.3, 0.4) is 0 Å². The molecule has 2 heterocycles. The number of alkyl halides is 3. The maximum Gasteiger partial charge on any atom is 0.434 e. The van der Waals surface area contributed by atoms with Crippen molar-refractivity contribution in [1.82, 2.24) is 14.2 Å². The predicted molar refractivity (Wildman–Crippen MR) is 97.8 cm³/mol. The van der Waals surface area contributed by atoms with Crippen LogP contribution in [0.25, 0.3) is 0 Å². The van der Waals surface area contributed by atoms with Crippen molar-refractivity contribution in [3.63, 3.8) is 0 Å². The second-order valence-corrected chi connectivity index (χ2v) is 9.02. The molecule has 0 aliphatic carbocycles. The highest BCUT2D eigenvalue weighted by atomic mass is 32.2. The zero-order chi connectivity index (χ0) is 20.5. The molecule has 2 aromatic rings. The summed E-state index contributed by atoms with van der Waals surface area (Å²) in [5.74, 6) is -0.737. The first-order valence-corrected chi connectivity index (χ1v) is 10.5. The predicted octanol–water partition coefficient (Wildman–Crippen LogP) is 2.35. The topological polar surface area (TPSA) is 82.6 Å². The first-order valence-electron chi connectivity index (χ1n) is 8.20. The molecule has 1 aromatic carbocycles. The van der Waals surface area contributed by atoms with Crippen molar-refractivity contribution in [3.05, 3.63) is 40.9 Å². The quantitative estimate of drug-likeness (QED) is 0.799. The molecule has 1 amide bonds. The highest BCUT2D eigenvalue weighted by Crippen LogP contribution is 2.31. The molecular weight excluding hydrogens is 417 g/mol. The molecule has 0 unspecified atom stereocenters. The van der Waals surface area contributed by atoms with Crippen LogP contribution < -0.4 is 5.32 Å². The zero-order valence-electron chi connectivity index (χ0n) is 14.7. The van der Waals surface area contributed by atoms with E-state index in [4.69, 9.17) is 0 Å². The van der Waals surface area contributed by atoms with Gasteiger partial charge in [0.15, 0.2) is 10.8 Å². The summed E-state index contributed by atoms with van der Waals surface area (Å²) in [5.41, 5.74) is -1.09. The van der Waals surface area contributed by atoms with Gasteiger partial charge >= 0.3 is 6.18 Å². The minimum atomic E-state index is -4.60. The Balaban J connectivity index is 1.77. The van der Waals surface area contributed by atoms with Crippen LogP contribution in [-0.2, 0) is 16.2 Å². The molecule has 1 saturated heterocycles. The van der Waals surface area contributed by atoms with Crippen LogP contribution in [0.1, 0.15) is 16.1 Å². The van der Waals surface area contributed by atoms with E-state index >= 15 is 0 Å². The molecule has 0 bridgehead atoms. The van der Waals surface area contributed by atoms with Gasteiger partial charge in [0.1, 0.15) is 0 Å². The number of halogens is 3. The van der Waals surface area contributed by atoms with Gasteiger partial charge in [0.05, 0.1) is 4.90 Å². The van der Waals surface area contributed by atoms with Crippen molar-refractivity contribution in [2.45, 2.75) is 11.1 Å². The molecule has 152 valence electrons. The Morgan fingerprint density at radius 3 is 2.50 bits per heavy atom. The number of nitrogens with zero attached hydrogens (tertiary/aromatic N) is 3. The van der Waals surface area contributed by atoms with Crippen molar-refractivity contribution in [1.29, 1.82) is 0 Å². The number of benzene rings is 1. The van der Waals surface area contributed by atoms with Gasteiger partial charge < -0.3 is 4.90 Å². The standard InChI is InChI=1S/C16H17F3N4O3S2/c1-22-5-7-23(8-6-22)28(25,26)12-4-2-3-11(9-12)14(24)21-15-20-13(10-27-15)16(17,18)19/h2-4,9-10H,5-8H2,1H3,(H,20,21,24). The molecule has 1 N–H and O–H groups in total. The Morgan fingerprint density at radius 2 is 1.89 bits per heavy atom. The minimum absolute atomic E-state index is 0.0129. The first-order chi connectivity index (χ1) is 13.1. The van der Waals surface area contributed by atoms with Crippen LogP contribution in [0.5, 0.6) is 0 Å². The highest BCUT2D eigenvalue weighted by molar-refractivity contribution is 7.89. The van der Waals surface area contributed by atoms with Crippen LogP contribution >= 0.6 is 11.3 Å². The molecule has 1 aliphatic heterocycles. The molecule has 7 nitrogen and oxygen atoms in total. The van der Waals surface area contributed by atoms with Crippen molar-refractivity contribution in [2.24, 2.45) is 0 Å². The summed E-state index contributed by atoms with van der Waals surface area (Å²) in [6.45, 7) is 1.89. The number of rotatable bonds is 4. The number of piperazine rings is 1. The van der Waals surface area contributed by atoms with Gasteiger partial charge in [-0.15, -0.1) is 11.3 Å². The number of hydrogen-bond donors (Lipinski definition) is 1.